The molecular formula is C16H24N2O. The van der Waals surface area contributed by atoms with Gasteiger partial charge in [-0.2, -0.15) is 0 Å². The van der Waals surface area contributed by atoms with Crippen molar-refractivity contribution in [3.63, 3.8) is 0 Å². The van der Waals surface area contributed by atoms with Crippen molar-refractivity contribution in [2.45, 2.75) is 51.5 Å². The molecule has 0 aliphatic heterocycles. The van der Waals surface area contributed by atoms with Crippen molar-refractivity contribution in [2.75, 3.05) is 11.9 Å². The van der Waals surface area contributed by atoms with E-state index < -0.39 is 0 Å². The Balaban J connectivity index is 1.76. The summed E-state index contributed by atoms with van der Waals surface area (Å²) < 4.78 is 0. The van der Waals surface area contributed by atoms with E-state index in [1.165, 1.54) is 18.4 Å². The second kappa shape index (κ2) is 6.60. The number of hydrogen-bond donors (Lipinski definition) is 2. The van der Waals surface area contributed by atoms with Gasteiger partial charge in [0.1, 0.15) is 0 Å². The van der Waals surface area contributed by atoms with Crippen molar-refractivity contribution in [3.05, 3.63) is 29.8 Å². The van der Waals surface area contributed by atoms with Gasteiger partial charge in [-0.1, -0.05) is 38.8 Å². The van der Waals surface area contributed by atoms with Crippen molar-refractivity contribution in [1.29, 1.82) is 0 Å². The average Bonchev–Trinajstić information content (AvgIpc) is 2.89. The second-order valence-electron chi connectivity index (χ2n) is 5.68. The first-order valence-corrected chi connectivity index (χ1v) is 7.28. The lowest BCUT2D eigenvalue weighted by molar-refractivity contribution is -0.120. The predicted molar refractivity (Wildman–Crippen MR) is 79.4 cm³/mol. The predicted octanol–water partition coefficient (Wildman–Crippen LogP) is 3.28. The first-order chi connectivity index (χ1) is 9.15. The normalized spacial score (nSPS) is 15.7. The maximum atomic E-state index is 11.8. The topological polar surface area (TPSA) is 41.1 Å². The van der Waals surface area contributed by atoms with Gasteiger partial charge in [0.25, 0.3) is 0 Å². The molecule has 1 aromatic carbocycles. The Morgan fingerprint density at radius 2 is 1.84 bits per heavy atom. The van der Waals surface area contributed by atoms with E-state index in [-0.39, 0.29) is 5.91 Å². The Kier molecular flexibility index (Phi) is 4.83. The van der Waals surface area contributed by atoms with E-state index in [2.05, 4.69) is 36.6 Å². The van der Waals surface area contributed by atoms with E-state index in [0.717, 1.165) is 18.5 Å². The lowest BCUT2D eigenvalue weighted by Gasteiger charge is -2.13. The maximum Gasteiger partial charge on any atom is 0.239 e. The third-order valence-corrected chi connectivity index (χ3v) is 3.75. The largest absolute Gasteiger partial charge is 0.376 e. The number of amides is 1. The molecular weight excluding hydrogens is 236 g/mol. The molecule has 104 valence electrons. The highest BCUT2D eigenvalue weighted by atomic mass is 16.1. The molecule has 1 aromatic rings. The van der Waals surface area contributed by atoms with Gasteiger partial charge in [0.2, 0.25) is 5.91 Å². The van der Waals surface area contributed by atoms with Gasteiger partial charge in [0, 0.05) is 11.7 Å². The SMILES string of the molecule is CC(C)c1ccc(NCC(=O)NC2CCCC2)cc1. The van der Waals surface area contributed by atoms with Crippen LogP contribution in [0.15, 0.2) is 24.3 Å². The van der Waals surface area contributed by atoms with E-state index in [1.807, 2.05) is 12.1 Å². The molecule has 0 heterocycles. The van der Waals surface area contributed by atoms with E-state index in [4.69, 9.17) is 0 Å². The van der Waals surface area contributed by atoms with Crippen LogP contribution in [0.5, 0.6) is 0 Å². The first kappa shape index (κ1) is 13.9. The maximum absolute atomic E-state index is 11.8. The van der Waals surface area contributed by atoms with E-state index in [9.17, 15) is 4.79 Å². The van der Waals surface area contributed by atoms with Gasteiger partial charge in [0.05, 0.1) is 6.54 Å². The number of hydrogen-bond acceptors (Lipinski definition) is 2. The van der Waals surface area contributed by atoms with Crippen LogP contribution < -0.4 is 10.6 Å². The van der Waals surface area contributed by atoms with E-state index in [0.29, 0.717) is 18.5 Å². The molecule has 0 saturated heterocycles. The van der Waals surface area contributed by atoms with Crippen molar-refractivity contribution in [3.8, 4) is 0 Å². The molecule has 3 heteroatoms. The van der Waals surface area contributed by atoms with Gasteiger partial charge in [-0.15, -0.1) is 0 Å². The fourth-order valence-electron chi connectivity index (χ4n) is 2.52. The molecule has 3 nitrogen and oxygen atoms in total. The molecule has 19 heavy (non-hydrogen) atoms. The molecule has 1 amide bonds. The van der Waals surface area contributed by atoms with E-state index >= 15 is 0 Å². The van der Waals surface area contributed by atoms with Crippen LogP contribution in [-0.2, 0) is 4.79 Å². The summed E-state index contributed by atoms with van der Waals surface area (Å²) >= 11 is 0. The monoisotopic (exact) mass is 260 g/mol. The molecule has 0 atom stereocenters. The van der Waals surface area contributed by atoms with Crippen LogP contribution in [-0.4, -0.2) is 18.5 Å². The fraction of sp³-hybridized carbons (Fsp3) is 0.562. The second-order valence-corrected chi connectivity index (χ2v) is 5.68. The van der Waals surface area contributed by atoms with Crippen molar-refractivity contribution >= 4 is 11.6 Å². The van der Waals surface area contributed by atoms with Crippen molar-refractivity contribution < 1.29 is 4.79 Å². The summed E-state index contributed by atoms with van der Waals surface area (Å²) in [4.78, 5) is 11.8. The third kappa shape index (κ3) is 4.27. The number of rotatable bonds is 5. The summed E-state index contributed by atoms with van der Waals surface area (Å²) in [6, 6.07) is 8.71. The van der Waals surface area contributed by atoms with Gasteiger partial charge in [-0.05, 0) is 36.5 Å². The average molecular weight is 260 g/mol. The quantitative estimate of drug-likeness (QED) is 0.853. The lowest BCUT2D eigenvalue weighted by atomic mass is 10.0. The zero-order valence-corrected chi connectivity index (χ0v) is 11.9. The van der Waals surface area contributed by atoms with Gasteiger partial charge < -0.3 is 10.6 Å². The Hall–Kier alpha value is -1.51. The lowest BCUT2D eigenvalue weighted by Crippen LogP contribution is -2.36. The van der Waals surface area contributed by atoms with Crippen molar-refractivity contribution in [1.82, 2.24) is 5.32 Å². The zero-order chi connectivity index (χ0) is 13.7. The minimum atomic E-state index is 0.0971. The molecule has 1 aliphatic carbocycles. The summed E-state index contributed by atoms with van der Waals surface area (Å²) in [6.45, 7) is 4.71. The Morgan fingerprint density at radius 3 is 2.42 bits per heavy atom. The fourth-order valence-corrected chi connectivity index (χ4v) is 2.52. The first-order valence-electron chi connectivity index (χ1n) is 7.28. The molecule has 2 N–H and O–H groups in total. The highest BCUT2D eigenvalue weighted by molar-refractivity contribution is 5.81. The third-order valence-electron chi connectivity index (χ3n) is 3.75. The summed E-state index contributed by atoms with van der Waals surface area (Å²) in [7, 11) is 0. The summed E-state index contributed by atoms with van der Waals surface area (Å²) in [5.41, 5.74) is 2.33. The zero-order valence-electron chi connectivity index (χ0n) is 11.9. The number of carbonyl (C=O) groups is 1. The molecule has 0 bridgehead atoms. The molecule has 0 aromatic heterocycles. The number of benzene rings is 1. The van der Waals surface area contributed by atoms with Gasteiger partial charge in [0.15, 0.2) is 0 Å². The summed E-state index contributed by atoms with van der Waals surface area (Å²) in [6.07, 6.45) is 4.76. The number of anilines is 1. The molecule has 1 saturated carbocycles. The van der Waals surface area contributed by atoms with Crippen LogP contribution in [0.25, 0.3) is 0 Å². The molecule has 0 radical (unpaired) electrons. The highest BCUT2D eigenvalue weighted by Crippen LogP contribution is 2.18. The van der Waals surface area contributed by atoms with Crippen LogP contribution in [0.3, 0.4) is 0 Å². The molecule has 2 rings (SSSR count). The minimum Gasteiger partial charge on any atom is -0.376 e. The minimum absolute atomic E-state index is 0.0971. The molecule has 1 aliphatic rings. The van der Waals surface area contributed by atoms with Gasteiger partial charge >= 0.3 is 0 Å². The van der Waals surface area contributed by atoms with Gasteiger partial charge in [-0.3, -0.25) is 4.79 Å². The Labute approximate surface area is 115 Å². The Morgan fingerprint density at radius 1 is 1.21 bits per heavy atom. The summed E-state index contributed by atoms with van der Waals surface area (Å²) in [5.74, 6) is 0.638. The summed E-state index contributed by atoms with van der Waals surface area (Å²) in [5, 5.41) is 6.25. The van der Waals surface area contributed by atoms with Crippen LogP contribution in [0, 0.1) is 0 Å². The van der Waals surface area contributed by atoms with Crippen molar-refractivity contribution in [2.24, 2.45) is 0 Å². The molecule has 0 spiro atoms. The van der Waals surface area contributed by atoms with E-state index in [1.54, 1.807) is 0 Å². The van der Waals surface area contributed by atoms with Crippen LogP contribution >= 0.6 is 0 Å². The standard InChI is InChI=1S/C16H24N2O/c1-12(2)13-7-9-14(10-8-13)17-11-16(19)18-15-5-3-4-6-15/h7-10,12,15,17H,3-6,11H2,1-2H3,(H,18,19). The smallest absolute Gasteiger partial charge is 0.239 e. The highest BCUT2D eigenvalue weighted by Gasteiger charge is 2.16. The molecule has 0 unspecified atom stereocenters. The Bertz CT molecular complexity index is 405. The number of carbonyl (C=O) groups excluding carboxylic acids is 1. The van der Waals surface area contributed by atoms with Crippen LogP contribution in [0.4, 0.5) is 5.69 Å². The van der Waals surface area contributed by atoms with Crippen LogP contribution in [0.2, 0.25) is 0 Å². The van der Waals surface area contributed by atoms with Crippen LogP contribution in [0.1, 0.15) is 51.0 Å². The van der Waals surface area contributed by atoms with Gasteiger partial charge in [-0.25, -0.2) is 0 Å². The molecule has 1 fully saturated rings. The number of nitrogens with one attached hydrogen (secondary N) is 2.